The van der Waals surface area contributed by atoms with Gasteiger partial charge in [0, 0.05) is 22.2 Å². The summed E-state index contributed by atoms with van der Waals surface area (Å²) in [6.07, 6.45) is -4.87. The summed E-state index contributed by atoms with van der Waals surface area (Å²) in [7, 11) is 0. The zero-order valence-corrected chi connectivity index (χ0v) is 17.4. The molecule has 4 aromatic rings. The average molecular weight is 474 g/mol. The Kier molecular flexibility index (Phi) is 5.82. The molecule has 0 saturated carbocycles. The van der Waals surface area contributed by atoms with Crippen LogP contribution in [0.25, 0.3) is 11.0 Å². The van der Waals surface area contributed by atoms with Crippen molar-refractivity contribution < 1.29 is 36.0 Å². The lowest BCUT2D eigenvalue weighted by Crippen LogP contribution is -2.18. The second kappa shape index (κ2) is 8.62. The molecular weight excluding hydrogens is 459 g/mol. The van der Waals surface area contributed by atoms with Gasteiger partial charge in [0.15, 0.2) is 5.76 Å². The number of fused-ring (bicyclic) bond motifs is 1. The van der Waals surface area contributed by atoms with Crippen LogP contribution in [0.15, 0.2) is 65.1 Å². The number of alkyl halides is 3. The quantitative estimate of drug-likeness (QED) is 0.330. The zero-order valence-electron chi connectivity index (χ0n) is 17.4. The number of anilines is 2. The minimum atomic E-state index is -4.87. The van der Waals surface area contributed by atoms with Crippen molar-refractivity contribution in [1.82, 2.24) is 0 Å². The van der Waals surface area contributed by atoms with Crippen LogP contribution >= 0.6 is 0 Å². The molecule has 4 rings (SSSR count). The van der Waals surface area contributed by atoms with Crippen LogP contribution in [0, 0.1) is 18.6 Å². The molecule has 0 bridgehead atoms. The Labute approximate surface area is 189 Å². The Hall–Kier alpha value is -4.21. The Morgan fingerprint density at radius 2 is 1.50 bits per heavy atom. The monoisotopic (exact) mass is 474 g/mol. The summed E-state index contributed by atoms with van der Waals surface area (Å²) in [5.74, 6) is -3.08. The van der Waals surface area contributed by atoms with Gasteiger partial charge in [-0.2, -0.15) is 13.2 Å². The molecule has 3 aromatic carbocycles. The molecule has 10 heteroatoms. The van der Waals surface area contributed by atoms with Gasteiger partial charge in [-0.15, -0.1) is 0 Å². The van der Waals surface area contributed by atoms with Crippen LogP contribution in [-0.2, 0) is 6.18 Å². The first-order valence-electron chi connectivity index (χ1n) is 9.81. The summed E-state index contributed by atoms with van der Waals surface area (Å²) in [5, 5.41) is 4.79. The number of nitrogens with one attached hydrogen (secondary N) is 2. The van der Waals surface area contributed by atoms with Crippen LogP contribution in [-0.4, -0.2) is 11.8 Å². The van der Waals surface area contributed by atoms with E-state index in [4.69, 9.17) is 4.42 Å². The van der Waals surface area contributed by atoms with E-state index in [-0.39, 0.29) is 28.2 Å². The first-order chi connectivity index (χ1) is 16.0. The Morgan fingerprint density at radius 3 is 2.18 bits per heavy atom. The molecule has 0 aliphatic carbocycles. The highest BCUT2D eigenvalue weighted by atomic mass is 19.4. The summed E-state index contributed by atoms with van der Waals surface area (Å²) in [4.78, 5) is 24.9. The molecule has 0 unspecified atom stereocenters. The molecule has 1 heterocycles. The van der Waals surface area contributed by atoms with E-state index in [9.17, 15) is 31.5 Å². The fraction of sp³-hybridized carbons (Fsp3) is 0.0833. The smallest absolute Gasteiger partial charge is 0.418 e. The topological polar surface area (TPSA) is 71.3 Å². The minimum Gasteiger partial charge on any atom is -0.451 e. The number of aryl methyl sites for hydroxylation is 1. The van der Waals surface area contributed by atoms with Crippen molar-refractivity contribution in [2.45, 2.75) is 13.1 Å². The maximum Gasteiger partial charge on any atom is 0.418 e. The van der Waals surface area contributed by atoms with E-state index in [2.05, 4.69) is 10.6 Å². The van der Waals surface area contributed by atoms with Gasteiger partial charge in [-0.25, -0.2) is 8.78 Å². The van der Waals surface area contributed by atoms with Crippen LogP contribution in [0.1, 0.15) is 32.0 Å². The molecule has 174 valence electrons. The second-order valence-corrected chi connectivity index (χ2v) is 7.37. The maximum absolute atomic E-state index is 13.7. The van der Waals surface area contributed by atoms with Crippen LogP contribution < -0.4 is 10.6 Å². The molecule has 5 nitrogen and oxygen atoms in total. The lowest BCUT2D eigenvalue weighted by molar-refractivity contribution is -0.136. The van der Waals surface area contributed by atoms with Crippen molar-refractivity contribution in [3.05, 3.63) is 94.7 Å². The Bertz CT molecular complexity index is 1410. The number of hydrogen-bond acceptors (Lipinski definition) is 3. The summed E-state index contributed by atoms with van der Waals surface area (Å²) < 4.78 is 73.0. The first kappa shape index (κ1) is 23.0. The van der Waals surface area contributed by atoms with E-state index < -0.39 is 40.9 Å². The van der Waals surface area contributed by atoms with Gasteiger partial charge >= 0.3 is 6.18 Å². The highest BCUT2D eigenvalue weighted by Gasteiger charge is 2.35. The van der Waals surface area contributed by atoms with Crippen molar-refractivity contribution in [2.75, 3.05) is 10.6 Å². The molecular formula is C24H15F5N2O3. The van der Waals surface area contributed by atoms with Crippen molar-refractivity contribution in [3.63, 3.8) is 0 Å². The van der Waals surface area contributed by atoms with Crippen LogP contribution in [0.5, 0.6) is 0 Å². The predicted octanol–water partition coefficient (Wildman–Crippen LogP) is 6.54. The van der Waals surface area contributed by atoms with Crippen LogP contribution in [0.4, 0.5) is 33.3 Å². The standard InChI is InChI=1S/C24H15F5N2O3/c1-12-17-10-15(26)6-9-20(17)34-21(12)23(33)31-19-8-7-16(11-18(19)24(27,28)29)30-22(32)13-2-4-14(25)5-3-13/h2-11H,1H3,(H,30,32)(H,31,33). The number of amides is 2. The number of rotatable bonds is 4. The molecule has 0 aliphatic heterocycles. The number of furan rings is 1. The molecule has 34 heavy (non-hydrogen) atoms. The fourth-order valence-electron chi connectivity index (χ4n) is 3.36. The van der Waals surface area contributed by atoms with E-state index in [1.54, 1.807) is 0 Å². The summed E-state index contributed by atoms with van der Waals surface area (Å²) in [6, 6.07) is 10.9. The number of carbonyl (C=O) groups is 2. The van der Waals surface area contributed by atoms with Gasteiger partial charge in [0.2, 0.25) is 0 Å². The van der Waals surface area contributed by atoms with E-state index in [0.29, 0.717) is 11.5 Å². The van der Waals surface area contributed by atoms with Gasteiger partial charge in [0.1, 0.15) is 17.2 Å². The van der Waals surface area contributed by atoms with Gasteiger partial charge in [0.05, 0.1) is 11.3 Å². The normalized spacial score (nSPS) is 11.5. The minimum absolute atomic E-state index is 0.0455. The van der Waals surface area contributed by atoms with Gasteiger partial charge in [-0.1, -0.05) is 0 Å². The predicted molar refractivity (Wildman–Crippen MR) is 115 cm³/mol. The van der Waals surface area contributed by atoms with Crippen molar-refractivity contribution >= 4 is 34.2 Å². The molecule has 0 saturated heterocycles. The molecule has 0 aliphatic rings. The van der Waals surface area contributed by atoms with E-state index in [0.717, 1.165) is 30.3 Å². The average Bonchev–Trinajstić information content (AvgIpc) is 3.10. The number of carbonyl (C=O) groups excluding carboxylic acids is 2. The molecule has 2 N–H and O–H groups in total. The number of hydrogen-bond donors (Lipinski definition) is 2. The molecule has 2 amide bonds. The van der Waals surface area contributed by atoms with Gasteiger partial charge in [-0.3, -0.25) is 9.59 Å². The molecule has 1 aromatic heterocycles. The largest absolute Gasteiger partial charge is 0.451 e. The SMILES string of the molecule is Cc1c(C(=O)Nc2ccc(NC(=O)c3ccc(F)cc3)cc2C(F)(F)F)oc2ccc(F)cc12. The molecule has 0 atom stereocenters. The van der Waals surface area contributed by atoms with Gasteiger partial charge < -0.3 is 15.1 Å². The van der Waals surface area contributed by atoms with Gasteiger partial charge in [0.25, 0.3) is 11.8 Å². The lowest BCUT2D eigenvalue weighted by Gasteiger charge is -2.15. The molecule has 0 fully saturated rings. The first-order valence-corrected chi connectivity index (χ1v) is 9.81. The fourth-order valence-corrected chi connectivity index (χ4v) is 3.36. The third-order valence-electron chi connectivity index (χ3n) is 5.04. The van der Waals surface area contributed by atoms with Crippen molar-refractivity contribution in [3.8, 4) is 0 Å². The van der Waals surface area contributed by atoms with Crippen molar-refractivity contribution in [1.29, 1.82) is 0 Å². The summed E-state index contributed by atoms with van der Waals surface area (Å²) in [6.45, 7) is 1.49. The van der Waals surface area contributed by atoms with E-state index in [1.807, 2.05) is 0 Å². The highest BCUT2D eigenvalue weighted by molar-refractivity contribution is 6.07. The number of benzene rings is 3. The van der Waals surface area contributed by atoms with Crippen molar-refractivity contribution in [2.24, 2.45) is 0 Å². The third-order valence-corrected chi connectivity index (χ3v) is 5.04. The molecule has 0 radical (unpaired) electrons. The third kappa shape index (κ3) is 4.61. The number of halogens is 5. The zero-order chi connectivity index (χ0) is 24.6. The van der Waals surface area contributed by atoms with Crippen LogP contribution in [0.3, 0.4) is 0 Å². The Morgan fingerprint density at radius 1 is 0.824 bits per heavy atom. The lowest BCUT2D eigenvalue weighted by atomic mass is 10.1. The van der Waals surface area contributed by atoms with E-state index >= 15 is 0 Å². The Balaban J connectivity index is 1.62. The van der Waals surface area contributed by atoms with Crippen LogP contribution in [0.2, 0.25) is 0 Å². The highest BCUT2D eigenvalue weighted by Crippen LogP contribution is 2.37. The van der Waals surface area contributed by atoms with E-state index in [1.165, 1.54) is 31.2 Å². The second-order valence-electron chi connectivity index (χ2n) is 7.37. The molecule has 0 spiro atoms. The van der Waals surface area contributed by atoms with Gasteiger partial charge in [-0.05, 0) is 67.6 Å². The summed E-state index contributed by atoms with van der Waals surface area (Å²) >= 11 is 0. The summed E-state index contributed by atoms with van der Waals surface area (Å²) in [5.41, 5.74) is -1.44. The maximum atomic E-state index is 13.7.